The largest absolute Gasteiger partial charge is 0.357 e. The maximum absolute atomic E-state index is 11.8. The smallest absolute Gasteiger partial charge is 0.238 e. The molecule has 2 rings (SSSR count). The Morgan fingerprint density at radius 1 is 1.39 bits per heavy atom. The molecule has 1 fully saturated rings. The van der Waals surface area contributed by atoms with E-state index in [9.17, 15) is 13.2 Å². The zero-order chi connectivity index (χ0) is 17.0. The highest BCUT2D eigenvalue weighted by Gasteiger charge is 2.23. The molecular weight excluding hydrogens is 314 g/mol. The van der Waals surface area contributed by atoms with Gasteiger partial charge in [0.2, 0.25) is 5.91 Å². The molecule has 7 heteroatoms. The van der Waals surface area contributed by atoms with Crippen molar-refractivity contribution >= 4 is 21.6 Å². The van der Waals surface area contributed by atoms with E-state index in [1.807, 2.05) is 12.1 Å². The minimum absolute atomic E-state index is 0.281. The van der Waals surface area contributed by atoms with E-state index in [-0.39, 0.29) is 6.54 Å². The lowest BCUT2D eigenvalue weighted by Crippen LogP contribution is -2.37. The fourth-order valence-electron chi connectivity index (χ4n) is 2.47. The topological polar surface area (TPSA) is 79.4 Å². The number of hydrogen-bond acceptors (Lipinski definition) is 5. The van der Waals surface area contributed by atoms with Gasteiger partial charge in [-0.25, -0.2) is 13.4 Å². The van der Waals surface area contributed by atoms with E-state index in [0.29, 0.717) is 0 Å². The monoisotopic (exact) mass is 339 g/mol. The summed E-state index contributed by atoms with van der Waals surface area (Å²) < 4.78 is 22.7. The Morgan fingerprint density at radius 2 is 2.04 bits per heavy atom. The minimum atomic E-state index is -3.37. The molecule has 1 aromatic heterocycles. The van der Waals surface area contributed by atoms with Crippen molar-refractivity contribution < 1.29 is 13.2 Å². The molecule has 0 spiro atoms. The van der Waals surface area contributed by atoms with E-state index in [4.69, 9.17) is 0 Å². The van der Waals surface area contributed by atoms with Gasteiger partial charge in [-0.05, 0) is 37.3 Å². The van der Waals surface area contributed by atoms with Crippen LogP contribution in [0.3, 0.4) is 0 Å². The summed E-state index contributed by atoms with van der Waals surface area (Å²) in [5.74, 6) is 1.25. The quantitative estimate of drug-likeness (QED) is 0.876. The molecule has 1 N–H and O–H groups in total. The summed E-state index contributed by atoms with van der Waals surface area (Å²) in [4.78, 5) is 18.5. The molecule has 0 aliphatic carbocycles. The number of nitrogens with zero attached hydrogens (tertiary/aromatic N) is 2. The zero-order valence-electron chi connectivity index (χ0n) is 13.9. The molecule has 1 amide bonds. The first kappa shape index (κ1) is 17.7. The van der Waals surface area contributed by atoms with E-state index in [0.717, 1.165) is 36.6 Å². The second kappa shape index (κ2) is 7.29. The van der Waals surface area contributed by atoms with Gasteiger partial charge in [0.05, 0.1) is 0 Å². The molecule has 0 saturated carbocycles. The van der Waals surface area contributed by atoms with Crippen LogP contribution in [0.1, 0.15) is 32.3 Å². The molecule has 0 aromatic carbocycles. The molecule has 1 aliphatic heterocycles. The van der Waals surface area contributed by atoms with E-state index in [2.05, 4.69) is 22.1 Å². The number of piperidine rings is 1. The Morgan fingerprint density at radius 3 is 2.57 bits per heavy atom. The minimum Gasteiger partial charge on any atom is -0.357 e. The molecule has 1 atom stereocenters. The van der Waals surface area contributed by atoms with Crippen molar-refractivity contribution in [3.8, 4) is 0 Å². The first-order chi connectivity index (χ1) is 10.8. The van der Waals surface area contributed by atoms with Crippen molar-refractivity contribution in [1.29, 1.82) is 0 Å². The Kier molecular flexibility index (Phi) is 5.62. The van der Waals surface area contributed by atoms with Gasteiger partial charge in [-0.3, -0.25) is 4.79 Å². The van der Waals surface area contributed by atoms with Crippen molar-refractivity contribution in [3.05, 3.63) is 23.9 Å². The third-order valence-electron chi connectivity index (χ3n) is 4.39. The number of sulfone groups is 1. The van der Waals surface area contributed by atoms with Crippen LogP contribution >= 0.6 is 0 Å². The number of carbonyl (C=O) groups excluding carboxylic acids is 1. The van der Waals surface area contributed by atoms with E-state index in [1.165, 1.54) is 19.8 Å². The van der Waals surface area contributed by atoms with Crippen molar-refractivity contribution in [2.24, 2.45) is 5.92 Å². The number of hydrogen-bond donors (Lipinski definition) is 1. The highest BCUT2D eigenvalue weighted by Crippen LogP contribution is 2.21. The third-order valence-corrected chi connectivity index (χ3v) is 5.89. The SMILES string of the molecule is CC1CCN(c2ccc(CNC(=O)C(C)S(C)(=O)=O)cn2)CC1. The van der Waals surface area contributed by atoms with Gasteiger partial charge >= 0.3 is 0 Å². The van der Waals surface area contributed by atoms with Crippen LogP contribution < -0.4 is 10.2 Å². The van der Waals surface area contributed by atoms with Crippen LogP contribution in [0.4, 0.5) is 5.82 Å². The standard InChI is InChI=1S/C16H25N3O3S/c1-12-6-8-19(9-7-12)15-5-4-14(10-17-15)11-18-16(20)13(2)23(3,21)22/h4-5,10,12-13H,6-9,11H2,1-3H3,(H,18,20). The van der Waals surface area contributed by atoms with E-state index in [1.54, 1.807) is 6.20 Å². The van der Waals surface area contributed by atoms with E-state index < -0.39 is 21.0 Å². The van der Waals surface area contributed by atoms with Crippen LogP contribution in [0.15, 0.2) is 18.3 Å². The molecule has 0 bridgehead atoms. The van der Waals surface area contributed by atoms with Gasteiger partial charge in [0.15, 0.2) is 9.84 Å². The number of nitrogens with one attached hydrogen (secondary N) is 1. The van der Waals surface area contributed by atoms with Crippen LogP contribution in [0.2, 0.25) is 0 Å². The lowest BCUT2D eigenvalue weighted by Gasteiger charge is -2.31. The summed E-state index contributed by atoms with van der Waals surface area (Å²) >= 11 is 0. The third kappa shape index (κ3) is 4.92. The van der Waals surface area contributed by atoms with Gasteiger partial charge in [-0.2, -0.15) is 0 Å². The van der Waals surface area contributed by atoms with Gasteiger partial charge < -0.3 is 10.2 Å². The van der Waals surface area contributed by atoms with Crippen LogP contribution in [-0.4, -0.2) is 43.9 Å². The number of aromatic nitrogens is 1. The number of carbonyl (C=O) groups is 1. The average molecular weight is 339 g/mol. The normalized spacial score (nSPS) is 17.8. The molecule has 1 unspecified atom stereocenters. The highest BCUT2D eigenvalue weighted by molar-refractivity contribution is 7.92. The van der Waals surface area contributed by atoms with Gasteiger partial charge in [0.25, 0.3) is 0 Å². The lowest BCUT2D eigenvalue weighted by atomic mass is 9.99. The van der Waals surface area contributed by atoms with Crippen LogP contribution in [0.25, 0.3) is 0 Å². The maximum atomic E-state index is 11.8. The first-order valence-electron chi connectivity index (χ1n) is 7.94. The Hall–Kier alpha value is -1.63. The zero-order valence-corrected chi connectivity index (χ0v) is 14.8. The molecule has 1 aromatic rings. The predicted octanol–water partition coefficient (Wildman–Crippen LogP) is 1.37. The predicted molar refractivity (Wildman–Crippen MR) is 91.0 cm³/mol. The molecular formula is C16H25N3O3S. The van der Waals surface area contributed by atoms with E-state index >= 15 is 0 Å². The lowest BCUT2D eigenvalue weighted by molar-refractivity contribution is -0.120. The number of amides is 1. The highest BCUT2D eigenvalue weighted by atomic mass is 32.2. The second-order valence-corrected chi connectivity index (χ2v) is 8.75. The van der Waals surface area contributed by atoms with Crippen molar-refractivity contribution in [2.75, 3.05) is 24.2 Å². The molecule has 6 nitrogen and oxygen atoms in total. The summed E-state index contributed by atoms with van der Waals surface area (Å²) in [6, 6.07) is 3.88. The molecule has 0 radical (unpaired) electrons. The van der Waals surface area contributed by atoms with Gasteiger partial charge in [0.1, 0.15) is 11.1 Å². The maximum Gasteiger partial charge on any atom is 0.238 e. The van der Waals surface area contributed by atoms with Crippen molar-refractivity contribution in [1.82, 2.24) is 10.3 Å². The summed E-state index contributed by atoms with van der Waals surface area (Å²) in [5, 5.41) is 1.60. The summed E-state index contributed by atoms with van der Waals surface area (Å²) in [6.07, 6.45) is 5.16. The Labute approximate surface area is 138 Å². The van der Waals surface area contributed by atoms with Crippen molar-refractivity contribution in [3.63, 3.8) is 0 Å². The van der Waals surface area contributed by atoms with Gasteiger partial charge in [0, 0.05) is 32.1 Å². The average Bonchev–Trinajstić information content (AvgIpc) is 2.52. The number of pyridine rings is 1. The van der Waals surface area contributed by atoms with Gasteiger partial charge in [-0.15, -0.1) is 0 Å². The molecule has 2 heterocycles. The molecule has 23 heavy (non-hydrogen) atoms. The number of rotatable bonds is 5. The fourth-order valence-corrected chi connectivity index (χ4v) is 2.95. The Bertz CT molecular complexity index is 635. The Balaban J connectivity index is 1.89. The van der Waals surface area contributed by atoms with Crippen molar-refractivity contribution in [2.45, 2.75) is 38.5 Å². The fraction of sp³-hybridized carbons (Fsp3) is 0.625. The molecule has 128 valence electrons. The molecule has 1 saturated heterocycles. The first-order valence-corrected chi connectivity index (χ1v) is 9.89. The van der Waals surface area contributed by atoms with Gasteiger partial charge in [-0.1, -0.05) is 13.0 Å². The number of anilines is 1. The van der Waals surface area contributed by atoms with Crippen LogP contribution in [-0.2, 0) is 21.2 Å². The molecule has 1 aliphatic rings. The summed E-state index contributed by atoms with van der Waals surface area (Å²) in [7, 11) is -3.37. The van der Waals surface area contributed by atoms with Crippen LogP contribution in [0, 0.1) is 5.92 Å². The summed E-state index contributed by atoms with van der Waals surface area (Å²) in [6.45, 7) is 5.99. The van der Waals surface area contributed by atoms with Crippen LogP contribution in [0.5, 0.6) is 0 Å². The summed E-state index contributed by atoms with van der Waals surface area (Å²) in [5.41, 5.74) is 0.855. The second-order valence-electron chi connectivity index (χ2n) is 6.38.